The number of thioether (sulfide) groups is 1. The van der Waals surface area contributed by atoms with Crippen LogP contribution in [0.15, 0.2) is 65.1 Å². The highest BCUT2D eigenvalue weighted by Crippen LogP contribution is 2.24. The third kappa shape index (κ3) is 7.53. The van der Waals surface area contributed by atoms with Crippen molar-refractivity contribution < 1.29 is 9.59 Å². The van der Waals surface area contributed by atoms with Crippen LogP contribution < -0.4 is 0 Å². The van der Waals surface area contributed by atoms with Gasteiger partial charge in [0, 0.05) is 34.3 Å². The summed E-state index contributed by atoms with van der Waals surface area (Å²) in [6.07, 6.45) is 6.15. The maximum absolute atomic E-state index is 13.0. The molecule has 0 aromatic heterocycles. The van der Waals surface area contributed by atoms with E-state index in [-0.39, 0.29) is 5.91 Å². The minimum atomic E-state index is 0.156. The van der Waals surface area contributed by atoms with Crippen molar-refractivity contribution in [3.63, 3.8) is 0 Å². The van der Waals surface area contributed by atoms with Crippen LogP contribution in [0, 0.1) is 0 Å². The number of benzene rings is 2. The zero-order valence-electron chi connectivity index (χ0n) is 16.1. The Hall–Kier alpha value is -2.04. The second kappa shape index (κ2) is 12.4. The van der Waals surface area contributed by atoms with E-state index in [0.29, 0.717) is 10.8 Å². The number of piperidine rings is 1. The molecule has 0 bridgehead atoms. The Labute approximate surface area is 176 Å². The number of likely N-dealkylation sites (tertiary alicyclic amines) is 1. The van der Waals surface area contributed by atoms with Gasteiger partial charge in [-0.15, -0.1) is 11.8 Å². The van der Waals surface area contributed by atoms with Crippen molar-refractivity contribution in [2.75, 3.05) is 18.8 Å². The summed E-state index contributed by atoms with van der Waals surface area (Å²) in [4.78, 5) is 25.0. The van der Waals surface area contributed by atoms with E-state index in [0.717, 1.165) is 43.4 Å². The number of hydrogen-bond acceptors (Lipinski definition) is 3. The van der Waals surface area contributed by atoms with Crippen LogP contribution in [-0.4, -0.2) is 35.9 Å². The predicted octanol–water partition coefficient (Wildman–Crippen LogP) is 5.73. The van der Waals surface area contributed by atoms with Gasteiger partial charge in [0.1, 0.15) is 6.29 Å². The van der Waals surface area contributed by atoms with Crippen LogP contribution in [0.3, 0.4) is 0 Å². The maximum atomic E-state index is 13.0. The number of aldehydes is 1. The number of amides is 1. The van der Waals surface area contributed by atoms with Crippen molar-refractivity contribution in [3.8, 4) is 0 Å². The van der Waals surface area contributed by atoms with Crippen LogP contribution in [0.2, 0.25) is 5.02 Å². The molecular weight excluding hydrogens is 390 g/mol. The van der Waals surface area contributed by atoms with Crippen LogP contribution in [-0.2, 0) is 9.59 Å². The monoisotopic (exact) mass is 415 g/mol. The largest absolute Gasteiger partial charge is 0.339 e. The molecule has 0 unspecified atom stereocenters. The van der Waals surface area contributed by atoms with Gasteiger partial charge >= 0.3 is 0 Å². The van der Waals surface area contributed by atoms with E-state index in [9.17, 15) is 4.79 Å². The molecule has 1 amide bonds. The van der Waals surface area contributed by atoms with Crippen molar-refractivity contribution in [1.29, 1.82) is 0 Å². The van der Waals surface area contributed by atoms with E-state index in [1.54, 1.807) is 11.8 Å². The SMILES string of the molecule is CC=O.O=C(/C(=C/c1cccc(Cl)c1)CSc1ccccc1)N1CCCCC1. The molecule has 0 saturated carbocycles. The minimum Gasteiger partial charge on any atom is -0.339 e. The Morgan fingerprint density at radius 3 is 2.39 bits per heavy atom. The number of carbonyl (C=O) groups excluding carboxylic acids is 2. The molecule has 2 aromatic rings. The van der Waals surface area contributed by atoms with E-state index in [2.05, 4.69) is 12.1 Å². The second-order valence-electron chi connectivity index (χ2n) is 6.41. The van der Waals surface area contributed by atoms with E-state index < -0.39 is 0 Å². The summed E-state index contributed by atoms with van der Waals surface area (Å²) in [6, 6.07) is 17.9. The van der Waals surface area contributed by atoms with Crippen molar-refractivity contribution in [2.45, 2.75) is 31.1 Å². The van der Waals surface area contributed by atoms with Gasteiger partial charge < -0.3 is 9.69 Å². The quantitative estimate of drug-likeness (QED) is 0.355. The minimum absolute atomic E-state index is 0.156. The lowest BCUT2D eigenvalue weighted by Gasteiger charge is -2.27. The van der Waals surface area contributed by atoms with E-state index in [4.69, 9.17) is 16.4 Å². The predicted molar refractivity (Wildman–Crippen MR) is 119 cm³/mol. The molecule has 0 radical (unpaired) electrons. The van der Waals surface area contributed by atoms with E-state index in [1.807, 2.05) is 53.4 Å². The summed E-state index contributed by atoms with van der Waals surface area (Å²) in [5, 5.41) is 0.689. The highest BCUT2D eigenvalue weighted by atomic mass is 35.5. The van der Waals surface area contributed by atoms with Crippen molar-refractivity contribution >= 4 is 41.6 Å². The molecular formula is C23H26ClNO2S. The zero-order chi connectivity index (χ0) is 20.2. The van der Waals surface area contributed by atoms with E-state index in [1.165, 1.54) is 18.2 Å². The summed E-state index contributed by atoms with van der Waals surface area (Å²) in [5.74, 6) is 0.814. The van der Waals surface area contributed by atoms with Gasteiger partial charge in [0.05, 0.1) is 0 Å². The lowest BCUT2D eigenvalue weighted by atomic mass is 10.1. The Bertz CT molecular complexity index is 786. The molecule has 1 aliphatic rings. The zero-order valence-corrected chi connectivity index (χ0v) is 17.7. The highest BCUT2D eigenvalue weighted by Gasteiger charge is 2.20. The van der Waals surface area contributed by atoms with Crippen LogP contribution in [0.25, 0.3) is 6.08 Å². The van der Waals surface area contributed by atoms with Gasteiger partial charge in [-0.1, -0.05) is 41.9 Å². The van der Waals surface area contributed by atoms with Gasteiger partial charge in [0.2, 0.25) is 0 Å². The standard InChI is InChI=1S/C21H22ClNOS.C2H4O/c22-19-9-7-8-17(15-19)14-18(16-25-20-10-3-1-4-11-20)21(24)23-12-5-2-6-13-23;1-2-3/h1,3-4,7-11,14-15H,2,5-6,12-13,16H2;2H,1H3/b18-14+;. The number of carbonyl (C=O) groups is 2. The first-order chi connectivity index (χ1) is 13.6. The summed E-state index contributed by atoms with van der Waals surface area (Å²) >= 11 is 7.80. The molecule has 3 rings (SSSR count). The van der Waals surface area contributed by atoms with E-state index >= 15 is 0 Å². The molecule has 5 heteroatoms. The summed E-state index contributed by atoms with van der Waals surface area (Å²) < 4.78 is 0. The number of hydrogen-bond donors (Lipinski definition) is 0. The Kier molecular flexibility index (Phi) is 9.87. The van der Waals surface area contributed by atoms with Gasteiger partial charge in [-0.25, -0.2) is 0 Å². The third-order valence-electron chi connectivity index (χ3n) is 4.25. The summed E-state index contributed by atoms with van der Waals surface area (Å²) in [5.41, 5.74) is 1.81. The first-order valence-corrected chi connectivity index (χ1v) is 10.8. The smallest absolute Gasteiger partial charge is 0.250 e. The number of nitrogens with zero attached hydrogens (tertiary/aromatic N) is 1. The van der Waals surface area contributed by atoms with Crippen LogP contribution in [0.4, 0.5) is 0 Å². The fourth-order valence-electron chi connectivity index (χ4n) is 2.94. The molecule has 0 spiro atoms. The molecule has 2 aromatic carbocycles. The molecule has 1 saturated heterocycles. The molecule has 28 heavy (non-hydrogen) atoms. The Morgan fingerprint density at radius 1 is 1.07 bits per heavy atom. The molecule has 0 atom stereocenters. The van der Waals surface area contributed by atoms with Crippen molar-refractivity contribution in [3.05, 3.63) is 70.8 Å². The second-order valence-corrected chi connectivity index (χ2v) is 7.90. The molecule has 1 aliphatic heterocycles. The van der Waals surface area contributed by atoms with Crippen molar-refractivity contribution in [2.24, 2.45) is 0 Å². The van der Waals surface area contributed by atoms with Gasteiger partial charge in [-0.2, -0.15) is 0 Å². The molecule has 148 valence electrons. The van der Waals surface area contributed by atoms with Crippen LogP contribution in [0.5, 0.6) is 0 Å². The molecule has 3 nitrogen and oxygen atoms in total. The number of rotatable bonds is 5. The highest BCUT2D eigenvalue weighted by molar-refractivity contribution is 7.99. The lowest BCUT2D eigenvalue weighted by molar-refractivity contribution is -0.127. The maximum Gasteiger partial charge on any atom is 0.250 e. The lowest BCUT2D eigenvalue weighted by Crippen LogP contribution is -2.37. The topological polar surface area (TPSA) is 37.4 Å². The van der Waals surface area contributed by atoms with Crippen LogP contribution >= 0.6 is 23.4 Å². The summed E-state index contributed by atoms with van der Waals surface area (Å²) in [6.45, 7) is 3.17. The van der Waals surface area contributed by atoms with Crippen LogP contribution in [0.1, 0.15) is 31.7 Å². The third-order valence-corrected chi connectivity index (χ3v) is 5.54. The fraction of sp³-hybridized carbons (Fsp3) is 0.304. The molecule has 1 fully saturated rings. The first-order valence-electron chi connectivity index (χ1n) is 9.47. The average Bonchev–Trinajstić information content (AvgIpc) is 2.72. The van der Waals surface area contributed by atoms with Crippen molar-refractivity contribution in [1.82, 2.24) is 4.90 Å². The number of halogens is 1. The normalized spacial score (nSPS) is 14.1. The molecule has 0 N–H and O–H groups in total. The Morgan fingerprint density at radius 2 is 1.75 bits per heavy atom. The molecule has 1 heterocycles. The molecule has 0 aliphatic carbocycles. The Balaban J connectivity index is 0.000000878. The average molecular weight is 416 g/mol. The van der Waals surface area contributed by atoms with Gasteiger partial charge in [-0.3, -0.25) is 4.79 Å². The first kappa shape index (κ1) is 22.3. The van der Waals surface area contributed by atoms with Gasteiger partial charge in [0.15, 0.2) is 0 Å². The van der Waals surface area contributed by atoms with Gasteiger partial charge in [0.25, 0.3) is 5.91 Å². The fourth-order valence-corrected chi connectivity index (χ4v) is 4.02. The van der Waals surface area contributed by atoms with Gasteiger partial charge in [-0.05, 0) is 62.1 Å². The summed E-state index contributed by atoms with van der Waals surface area (Å²) in [7, 11) is 0.